The summed E-state index contributed by atoms with van der Waals surface area (Å²) >= 11 is 0. The number of Topliss-reactive ketones (excluding diaryl/α,β-unsaturated/α-hetero) is 1. The molecule has 2 saturated carbocycles. The standard InChI is InChI=1S/C18H30O/c1-12(2)13(3)8-9-14(4)15-10-11-17-16(15)6-5-7-18(17)19/h8-9,12-17H,5-7,10-11H2,1-4H3/b9-8+/t13-,14+,15?,16?,17+/m0/s1. The fourth-order valence-corrected chi connectivity index (χ4v) is 3.98. The first-order valence-corrected chi connectivity index (χ1v) is 8.21. The largest absolute Gasteiger partial charge is 0.299 e. The molecule has 2 aliphatic rings. The van der Waals surface area contributed by atoms with Gasteiger partial charge in [0.25, 0.3) is 0 Å². The molecule has 5 atom stereocenters. The number of hydrogen-bond donors (Lipinski definition) is 0. The van der Waals surface area contributed by atoms with Crippen molar-refractivity contribution in [3.8, 4) is 0 Å². The summed E-state index contributed by atoms with van der Waals surface area (Å²) in [4.78, 5) is 12.0. The van der Waals surface area contributed by atoms with E-state index in [1.807, 2.05) is 0 Å². The van der Waals surface area contributed by atoms with Gasteiger partial charge in [-0.3, -0.25) is 4.79 Å². The van der Waals surface area contributed by atoms with Crippen LogP contribution in [0.1, 0.15) is 59.8 Å². The van der Waals surface area contributed by atoms with E-state index in [0.717, 1.165) is 31.1 Å². The summed E-state index contributed by atoms with van der Waals surface area (Å²) in [6.45, 7) is 9.22. The normalized spacial score (nSPS) is 34.8. The maximum absolute atomic E-state index is 12.0. The minimum atomic E-state index is 0.414. The zero-order chi connectivity index (χ0) is 14.0. The van der Waals surface area contributed by atoms with Crippen molar-refractivity contribution in [3.05, 3.63) is 12.2 Å². The molecule has 108 valence electrons. The molecule has 2 rings (SSSR count). The van der Waals surface area contributed by atoms with Crippen LogP contribution < -0.4 is 0 Å². The quantitative estimate of drug-likeness (QED) is 0.661. The number of ketones is 1. The van der Waals surface area contributed by atoms with Gasteiger partial charge < -0.3 is 0 Å². The van der Waals surface area contributed by atoms with Gasteiger partial charge in [0.15, 0.2) is 0 Å². The van der Waals surface area contributed by atoms with Crippen LogP contribution in [-0.2, 0) is 4.79 Å². The van der Waals surface area contributed by atoms with Crippen molar-refractivity contribution in [2.45, 2.75) is 59.8 Å². The zero-order valence-corrected chi connectivity index (χ0v) is 13.1. The van der Waals surface area contributed by atoms with Gasteiger partial charge in [-0.15, -0.1) is 0 Å². The third-order valence-electron chi connectivity index (χ3n) is 5.70. The minimum absolute atomic E-state index is 0.414. The molecule has 0 spiro atoms. The van der Waals surface area contributed by atoms with Gasteiger partial charge in [-0.05, 0) is 55.3 Å². The monoisotopic (exact) mass is 262 g/mol. The Morgan fingerprint density at radius 3 is 2.47 bits per heavy atom. The molecule has 0 aromatic carbocycles. The molecule has 2 fully saturated rings. The topological polar surface area (TPSA) is 17.1 Å². The van der Waals surface area contributed by atoms with Gasteiger partial charge in [0.2, 0.25) is 0 Å². The molecule has 19 heavy (non-hydrogen) atoms. The Labute approximate surface area is 118 Å². The van der Waals surface area contributed by atoms with E-state index >= 15 is 0 Å². The third-order valence-corrected chi connectivity index (χ3v) is 5.70. The van der Waals surface area contributed by atoms with Crippen LogP contribution in [0.3, 0.4) is 0 Å². The molecule has 0 bridgehead atoms. The molecule has 0 N–H and O–H groups in total. The molecule has 0 aromatic rings. The van der Waals surface area contributed by atoms with Crippen LogP contribution >= 0.6 is 0 Å². The van der Waals surface area contributed by atoms with Crippen LogP contribution in [-0.4, -0.2) is 5.78 Å². The molecule has 0 aromatic heterocycles. The van der Waals surface area contributed by atoms with Crippen molar-refractivity contribution >= 4 is 5.78 Å². The molecular formula is C18H30O. The van der Waals surface area contributed by atoms with Crippen molar-refractivity contribution in [1.29, 1.82) is 0 Å². The highest BCUT2D eigenvalue weighted by atomic mass is 16.1. The second kappa shape index (κ2) is 6.24. The summed E-state index contributed by atoms with van der Waals surface area (Å²) in [6, 6.07) is 0. The second-order valence-corrected chi connectivity index (χ2v) is 7.22. The Balaban J connectivity index is 1.96. The first kappa shape index (κ1) is 14.8. The van der Waals surface area contributed by atoms with Gasteiger partial charge in [-0.1, -0.05) is 39.8 Å². The number of rotatable bonds is 4. The lowest BCUT2D eigenvalue weighted by Crippen LogP contribution is -2.29. The van der Waals surface area contributed by atoms with Crippen LogP contribution in [0.2, 0.25) is 0 Å². The molecule has 2 unspecified atom stereocenters. The van der Waals surface area contributed by atoms with Gasteiger partial charge in [-0.2, -0.15) is 0 Å². The predicted octanol–water partition coefficient (Wildman–Crippen LogP) is 4.87. The lowest BCUT2D eigenvalue weighted by Gasteiger charge is -2.30. The lowest BCUT2D eigenvalue weighted by molar-refractivity contribution is -0.126. The number of carbonyl (C=O) groups is 1. The SMILES string of the molecule is CC(C)[C@@H](C)/C=C/[C@@H](C)C1CC[C@H]2C(=O)CCCC12. The van der Waals surface area contributed by atoms with Crippen molar-refractivity contribution in [1.82, 2.24) is 0 Å². The van der Waals surface area contributed by atoms with Crippen molar-refractivity contribution in [2.75, 3.05) is 0 Å². The number of hydrogen-bond acceptors (Lipinski definition) is 1. The molecule has 0 radical (unpaired) electrons. The smallest absolute Gasteiger partial charge is 0.136 e. The van der Waals surface area contributed by atoms with Crippen LogP contribution in [0.25, 0.3) is 0 Å². The van der Waals surface area contributed by atoms with E-state index in [4.69, 9.17) is 0 Å². The van der Waals surface area contributed by atoms with Gasteiger partial charge in [0.1, 0.15) is 5.78 Å². The summed E-state index contributed by atoms with van der Waals surface area (Å²) < 4.78 is 0. The maximum Gasteiger partial charge on any atom is 0.136 e. The average Bonchev–Trinajstić information content (AvgIpc) is 2.80. The van der Waals surface area contributed by atoms with Crippen molar-refractivity contribution in [2.24, 2.45) is 35.5 Å². The Morgan fingerprint density at radius 2 is 1.79 bits per heavy atom. The first-order valence-electron chi connectivity index (χ1n) is 8.21. The molecule has 0 aliphatic heterocycles. The number of carbonyl (C=O) groups excluding carboxylic acids is 1. The fraction of sp³-hybridized carbons (Fsp3) is 0.833. The summed E-state index contributed by atoms with van der Waals surface area (Å²) in [6.07, 6.45) is 10.5. The van der Waals surface area contributed by atoms with Crippen molar-refractivity contribution in [3.63, 3.8) is 0 Å². The highest BCUT2D eigenvalue weighted by molar-refractivity contribution is 5.82. The Hall–Kier alpha value is -0.590. The highest BCUT2D eigenvalue weighted by Crippen LogP contribution is 2.47. The van der Waals surface area contributed by atoms with Crippen molar-refractivity contribution < 1.29 is 4.79 Å². The summed E-state index contributed by atoms with van der Waals surface area (Å²) in [5.41, 5.74) is 0. The van der Waals surface area contributed by atoms with Crippen LogP contribution in [0.4, 0.5) is 0 Å². The highest BCUT2D eigenvalue weighted by Gasteiger charge is 2.42. The Morgan fingerprint density at radius 1 is 1.05 bits per heavy atom. The third kappa shape index (κ3) is 3.30. The van der Waals surface area contributed by atoms with E-state index in [-0.39, 0.29) is 0 Å². The minimum Gasteiger partial charge on any atom is -0.299 e. The summed E-state index contributed by atoms with van der Waals surface area (Å²) in [5, 5.41) is 0. The maximum atomic E-state index is 12.0. The molecule has 0 saturated heterocycles. The second-order valence-electron chi connectivity index (χ2n) is 7.22. The fourth-order valence-electron chi connectivity index (χ4n) is 3.98. The van der Waals surface area contributed by atoms with Crippen LogP contribution in [0, 0.1) is 35.5 Å². The van der Waals surface area contributed by atoms with Crippen LogP contribution in [0.5, 0.6) is 0 Å². The van der Waals surface area contributed by atoms with Gasteiger partial charge in [0, 0.05) is 12.3 Å². The van der Waals surface area contributed by atoms with E-state index in [1.165, 1.54) is 12.8 Å². The number of fused-ring (bicyclic) bond motifs is 1. The van der Waals surface area contributed by atoms with E-state index < -0.39 is 0 Å². The summed E-state index contributed by atoms with van der Waals surface area (Å²) in [7, 11) is 0. The molecular weight excluding hydrogens is 232 g/mol. The average molecular weight is 262 g/mol. The van der Waals surface area contributed by atoms with E-state index in [1.54, 1.807) is 0 Å². The lowest BCUT2D eigenvalue weighted by atomic mass is 9.73. The molecule has 2 aliphatic carbocycles. The first-order chi connectivity index (χ1) is 9.00. The van der Waals surface area contributed by atoms with Gasteiger partial charge in [0.05, 0.1) is 0 Å². The van der Waals surface area contributed by atoms with E-state index in [0.29, 0.717) is 29.5 Å². The molecule has 0 amide bonds. The van der Waals surface area contributed by atoms with E-state index in [9.17, 15) is 4.79 Å². The molecule has 1 nitrogen and oxygen atoms in total. The van der Waals surface area contributed by atoms with Gasteiger partial charge in [-0.25, -0.2) is 0 Å². The molecule has 0 heterocycles. The Bertz CT molecular complexity index is 342. The molecule has 1 heteroatoms. The predicted molar refractivity (Wildman–Crippen MR) is 80.9 cm³/mol. The van der Waals surface area contributed by atoms with Gasteiger partial charge >= 0.3 is 0 Å². The number of allylic oxidation sites excluding steroid dienone is 2. The van der Waals surface area contributed by atoms with E-state index in [2.05, 4.69) is 39.8 Å². The van der Waals surface area contributed by atoms with Crippen LogP contribution in [0.15, 0.2) is 12.2 Å². The zero-order valence-electron chi connectivity index (χ0n) is 13.1. The Kier molecular flexibility index (Phi) is 4.86. The summed E-state index contributed by atoms with van der Waals surface area (Å²) in [5.74, 6) is 4.44.